The molecule has 0 radical (unpaired) electrons. The Morgan fingerprint density at radius 2 is 1.87 bits per heavy atom. The van der Waals surface area contributed by atoms with Crippen molar-refractivity contribution in [1.29, 1.82) is 0 Å². The lowest BCUT2D eigenvalue weighted by molar-refractivity contribution is -0.0533. The summed E-state index contributed by atoms with van der Waals surface area (Å²) in [6.07, 6.45) is 1.66. The highest BCUT2D eigenvalue weighted by Gasteiger charge is 2.47. The van der Waals surface area contributed by atoms with Gasteiger partial charge in [-0.1, -0.05) is 20.4 Å². The van der Waals surface area contributed by atoms with Crippen LogP contribution >= 0.6 is 0 Å². The van der Waals surface area contributed by atoms with E-state index in [0.717, 1.165) is 40.7 Å². The molecule has 30 heavy (non-hydrogen) atoms. The van der Waals surface area contributed by atoms with E-state index in [9.17, 15) is 8.78 Å². The van der Waals surface area contributed by atoms with Gasteiger partial charge < -0.3 is 9.30 Å². The van der Waals surface area contributed by atoms with Crippen LogP contribution in [0.15, 0.2) is 48.6 Å². The maximum Gasteiger partial charge on any atom is 0.126 e. The van der Waals surface area contributed by atoms with Gasteiger partial charge in [-0.15, -0.1) is 0 Å². The van der Waals surface area contributed by atoms with E-state index in [1.54, 1.807) is 26.2 Å². The molecule has 1 aliphatic carbocycles. The van der Waals surface area contributed by atoms with Gasteiger partial charge in [0, 0.05) is 23.9 Å². The Balaban J connectivity index is 1.97. The highest BCUT2D eigenvalue weighted by atomic mass is 19.1. The molecule has 4 rings (SSSR count). The predicted molar refractivity (Wildman–Crippen MR) is 119 cm³/mol. The molecule has 0 spiro atoms. The molecule has 2 nitrogen and oxygen atoms in total. The Labute approximate surface area is 177 Å². The molecule has 0 N–H and O–H groups in total. The van der Waals surface area contributed by atoms with Crippen LogP contribution in [-0.2, 0) is 4.74 Å². The van der Waals surface area contributed by atoms with Gasteiger partial charge in [0.2, 0.25) is 0 Å². The third kappa shape index (κ3) is 3.09. The number of hydrogen-bond donors (Lipinski definition) is 0. The normalized spacial score (nSPS) is 21.3. The number of methoxy groups -OCH3 is 1. The second-order valence-corrected chi connectivity index (χ2v) is 8.97. The number of fused-ring (bicyclic) bond motifs is 1. The standard InChI is InChI=1S/C26H29F2NO/c1-15(2)25-24(18-13-26(14-18,30-6)16(3)4)21-12-19(27)7-10-23(21)29(25)20-8-9-22(28)17(5)11-20/h7-12,15,18H,3,13-14H2,1-2,4-6H3. The van der Waals surface area contributed by atoms with E-state index in [0.29, 0.717) is 5.56 Å². The first-order valence-corrected chi connectivity index (χ1v) is 10.5. The van der Waals surface area contributed by atoms with Crippen molar-refractivity contribution in [2.75, 3.05) is 7.11 Å². The third-order valence-corrected chi connectivity index (χ3v) is 6.68. The molecule has 3 aromatic rings. The molecule has 4 heteroatoms. The summed E-state index contributed by atoms with van der Waals surface area (Å²) in [7, 11) is 1.73. The minimum atomic E-state index is -0.312. The number of rotatable bonds is 5. The average Bonchev–Trinajstić information content (AvgIpc) is 2.98. The summed E-state index contributed by atoms with van der Waals surface area (Å²) in [4.78, 5) is 0. The van der Waals surface area contributed by atoms with Crippen LogP contribution in [0.2, 0.25) is 0 Å². The summed E-state index contributed by atoms with van der Waals surface area (Å²) < 4.78 is 36.3. The maximum atomic E-state index is 14.3. The Kier molecular flexibility index (Phi) is 5.09. The Morgan fingerprint density at radius 1 is 1.17 bits per heavy atom. The number of hydrogen-bond acceptors (Lipinski definition) is 1. The largest absolute Gasteiger partial charge is 0.374 e. The molecule has 0 saturated heterocycles. The van der Waals surface area contributed by atoms with Gasteiger partial charge in [-0.25, -0.2) is 8.78 Å². The second kappa shape index (κ2) is 7.35. The van der Waals surface area contributed by atoms with Crippen molar-refractivity contribution in [3.05, 3.63) is 77.0 Å². The Bertz CT molecular complexity index is 1140. The topological polar surface area (TPSA) is 14.2 Å². The van der Waals surface area contributed by atoms with Gasteiger partial charge in [0.05, 0.1) is 11.1 Å². The number of nitrogens with zero attached hydrogens (tertiary/aromatic N) is 1. The van der Waals surface area contributed by atoms with E-state index >= 15 is 0 Å². The fourth-order valence-electron chi connectivity index (χ4n) is 4.98. The van der Waals surface area contributed by atoms with Crippen molar-refractivity contribution in [3.8, 4) is 5.69 Å². The zero-order chi connectivity index (χ0) is 21.8. The lowest BCUT2D eigenvalue weighted by Crippen LogP contribution is -2.45. The number of halogens is 2. The summed E-state index contributed by atoms with van der Waals surface area (Å²) in [5.41, 5.74) is 5.48. The summed E-state index contributed by atoms with van der Waals surface area (Å²) >= 11 is 0. The van der Waals surface area contributed by atoms with Crippen molar-refractivity contribution < 1.29 is 13.5 Å². The molecular formula is C26H29F2NO. The molecule has 1 fully saturated rings. The average molecular weight is 410 g/mol. The molecule has 1 saturated carbocycles. The molecule has 0 unspecified atom stereocenters. The van der Waals surface area contributed by atoms with Gasteiger partial charge in [0.25, 0.3) is 0 Å². The molecule has 0 bridgehead atoms. The fourth-order valence-corrected chi connectivity index (χ4v) is 4.98. The monoisotopic (exact) mass is 409 g/mol. The summed E-state index contributed by atoms with van der Waals surface area (Å²) in [5.74, 6) is -0.00373. The zero-order valence-electron chi connectivity index (χ0n) is 18.4. The van der Waals surface area contributed by atoms with Crippen molar-refractivity contribution in [1.82, 2.24) is 4.57 Å². The van der Waals surface area contributed by atoms with Gasteiger partial charge in [0.1, 0.15) is 11.6 Å². The van der Waals surface area contributed by atoms with E-state index in [1.807, 2.05) is 19.1 Å². The molecule has 1 heterocycles. The van der Waals surface area contributed by atoms with Crippen LogP contribution in [0.4, 0.5) is 8.78 Å². The first-order chi connectivity index (χ1) is 14.2. The summed E-state index contributed by atoms with van der Waals surface area (Å²) in [5, 5.41) is 0.928. The first-order valence-electron chi connectivity index (χ1n) is 10.5. The van der Waals surface area contributed by atoms with Crippen molar-refractivity contribution in [2.24, 2.45) is 0 Å². The van der Waals surface area contributed by atoms with E-state index in [4.69, 9.17) is 4.74 Å². The predicted octanol–water partition coefficient (Wildman–Crippen LogP) is 7.18. The molecule has 1 aliphatic rings. The van der Waals surface area contributed by atoms with Crippen molar-refractivity contribution in [3.63, 3.8) is 0 Å². The Morgan fingerprint density at radius 3 is 2.43 bits per heavy atom. The van der Waals surface area contributed by atoms with Gasteiger partial charge in [0.15, 0.2) is 0 Å². The van der Waals surface area contributed by atoms with Gasteiger partial charge >= 0.3 is 0 Å². The molecule has 2 aromatic carbocycles. The number of ether oxygens (including phenoxy) is 1. The van der Waals surface area contributed by atoms with Crippen LogP contribution in [0.1, 0.15) is 62.3 Å². The third-order valence-electron chi connectivity index (χ3n) is 6.68. The lowest BCUT2D eigenvalue weighted by atomic mass is 9.64. The SMILES string of the molecule is C=C(C)C1(OC)CC(c2c(C(C)C)n(-c3ccc(F)c(C)c3)c3ccc(F)cc23)C1. The molecule has 0 atom stereocenters. The first kappa shape index (κ1) is 20.8. The van der Waals surface area contributed by atoms with Crippen LogP contribution < -0.4 is 0 Å². The number of aryl methyl sites for hydroxylation is 1. The van der Waals surface area contributed by atoms with Crippen LogP contribution in [0.5, 0.6) is 0 Å². The highest BCUT2D eigenvalue weighted by Crippen LogP contribution is 2.54. The summed E-state index contributed by atoms with van der Waals surface area (Å²) in [6, 6.07) is 10.1. The van der Waals surface area contributed by atoms with Crippen LogP contribution in [0.3, 0.4) is 0 Å². The Hall–Kier alpha value is -2.46. The van der Waals surface area contributed by atoms with Gasteiger partial charge in [-0.2, -0.15) is 0 Å². The molecule has 1 aromatic heterocycles. The van der Waals surface area contributed by atoms with E-state index in [2.05, 4.69) is 25.0 Å². The minimum Gasteiger partial charge on any atom is -0.374 e. The van der Waals surface area contributed by atoms with E-state index in [-0.39, 0.29) is 29.1 Å². The number of aromatic nitrogens is 1. The minimum absolute atomic E-state index is 0.211. The second-order valence-electron chi connectivity index (χ2n) is 8.97. The van der Waals surface area contributed by atoms with Gasteiger partial charge in [-0.3, -0.25) is 0 Å². The lowest BCUT2D eigenvalue weighted by Gasteiger charge is -2.48. The highest BCUT2D eigenvalue weighted by molar-refractivity contribution is 5.88. The molecule has 158 valence electrons. The van der Waals surface area contributed by atoms with Gasteiger partial charge in [-0.05, 0) is 91.6 Å². The fraction of sp³-hybridized carbons (Fsp3) is 0.385. The van der Waals surface area contributed by atoms with Crippen molar-refractivity contribution >= 4 is 10.9 Å². The quantitative estimate of drug-likeness (QED) is 0.407. The molecule has 0 amide bonds. The van der Waals surface area contributed by atoms with E-state index < -0.39 is 0 Å². The zero-order valence-corrected chi connectivity index (χ0v) is 18.4. The smallest absolute Gasteiger partial charge is 0.126 e. The van der Waals surface area contributed by atoms with Crippen molar-refractivity contribution in [2.45, 2.75) is 58.0 Å². The molecular weight excluding hydrogens is 380 g/mol. The maximum absolute atomic E-state index is 14.3. The number of benzene rings is 2. The van der Waals surface area contributed by atoms with Crippen LogP contribution in [-0.4, -0.2) is 17.3 Å². The summed E-state index contributed by atoms with van der Waals surface area (Å²) in [6.45, 7) is 12.2. The van der Waals surface area contributed by atoms with Crippen LogP contribution in [0, 0.1) is 18.6 Å². The van der Waals surface area contributed by atoms with E-state index in [1.165, 1.54) is 17.7 Å². The molecule has 0 aliphatic heterocycles. The van der Waals surface area contributed by atoms with Crippen LogP contribution in [0.25, 0.3) is 16.6 Å².